The fourth-order valence-electron chi connectivity index (χ4n) is 1.25. The van der Waals surface area contributed by atoms with Crippen LogP contribution in [0.15, 0.2) is 33.9 Å². The van der Waals surface area contributed by atoms with Gasteiger partial charge in [-0.2, -0.15) is 0 Å². The van der Waals surface area contributed by atoms with Crippen molar-refractivity contribution >= 4 is 17.3 Å². The minimum atomic E-state index is 0.106. The van der Waals surface area contributed by atoms with E-state index in [-0.39, 0.29) is 17.3 Å². The summed E-state index contributed by atoms with van der Waals surface area (Å²) in [5.74, 6) is 0.927. The van der Waals surface area contributed by atoms with Gasteiger partial charge in [0.05, 0.1) is 12.8 Å². The number of anilines is 1. The molecule has 0 saturated heterocycles. The number of hydrogen-bond donors (Lipinski definition) is 2. The zero-order chi connectivity index (χ0) is 12.3. The monoisotopic (exact) mass is 233 g/mol. The minimum absolute atomic E-state index is 0.106. The van der Waals surface area contributed by atoms with Gasteiger partial charge in [-0.05, 0) is 22.4 Å². The molecule has 4 N–H and O–H groups in total. The molecule has 7 nitrogen and oxygen atoms in total. The lowest BCUT2D eigenvalue weighted by Gasteiger charge is -2.01. The molecule has 0 fully saturated rings. The van der Waals surface area contributed by atoms with Crippen molar-refractivity contribution in [1.29, 1.82) is 0 Å². The number of nitrogens with zero attached hydrogens (tertiary/aromatic N) is 3. The van der Waals surface area contributed by atoms with Crippen molar-refractivity contribution in [1.82, 2.24) is 10.3 Å². The van der Waals surface area contributed by atoms with E-state index in [4.69, 9.17) is 16.2 Å². The molecule has 0 bridgehead atoms. The van der Waals surface area contributed by atoms with Gasteiger partial charge in [-0.25, -0.2) is 9.62 Å². The molecule has 0 saturated carbocycles. The molecule has 2 rings (SSSR count). The van der Waals surface area contributed by atoms with E-state index in [1.165, 1.54) is 0 Å². The quantitative estimate of drug-likeness (QED) is 0.596. The number of rotatable bonds is 3. The summed E-state index contributed by atoms with van der Waals surface area (Å²) < 4.78 is 9.51. The fourth-order valence-corrected chi connectivity index (χ4v) is 1.25. The maximum Gasteiger partial charge on any atom is 0.199 e. The van der Waals surface area contributed by atoms with Gasteiger partial charge < -0.3 is 16.2 Å². The third-order valence-corrected chi connectivity index (χ3v) is 2.06. The molecule has 17 heavy (non-hydrogen) atoms. The molecule has 88 valence electrons. The average Bonchev–Trinajstić information content (AvgIpc) is 2.76. The summed E-state index contributed by atoms with van der Waals surface area (Å²) in [5.41, 5.74) is 12.1. The summed E-state index contributed by atoms with van der Waals surface area (Å²) in [7, 11) is 1.58. The summed E-state index contributed by atoms with van der Waals surface area (Å²) in [6.07, 6.45) is 0. The number of hydrogen-bond acceptors (Lipinski definition) is 6. The predicted octanol–water partition coefficient (Wildman–Crippen LogP) is 0.697. The summed E-state index contributed by atoms with van der Waals surface area (Å²) in [6, 6.07) is 7.12. The molecule has 0 aliphatic rings. The molecule has 0 unspecified atom stereocenters. The Balaban J connectivity index is 2.32. The second-order valence-corrected chi connectivity index (χ2v) is 3.20. The lowest BCUT2D eigenvalue weighted by molar-refractivity contribution is 0.308. The van der Waals surface area contributed by atoms with E-state index in [1.54, 1.807) is 31.4 Å². The molecular formula is C10H11N5O2. The van der Waals surface area contributed by atoms with Crippen molar-refractivity contribution in [3.05, 3.63) is 30.0 Å². The Kier molecular flexibility index (Phi) is 2.91. The van der Waals surface area contributed by atoms with Gasteiger partial charge >= 0.3 is 0 Å². The molecule has 0 amide bonds. The molecule has 1 aromatic heterocycles. The van der Waals surface area contributed by atoms with Gasteiger partial charge in [0.2, 0.25) is 0 Å². The second-order valence-electron chi connectivity index (χ2n) is 3.20. The third kappa shape index (κ3) is 2.33. The molecule has 1 aromatic carbocycles. The van der Waals surface area contributed by atoms with Gasteiger partial charge in [-0.1, -0.05) is 6.07 Å². The van der Waals surface area contributed by atoms with Crippen LogP contribution in [0.1, 0.15) is 5.69 Å². The summed E-state index contributed by atoms with van der Waals surface area (Å²) in [6.45, 7) is 0. The number of nitrogens with two attached hydrogens (primary N) is 2. The van der Waals surface area contributed by atoms with Crippen molar-refractivity contribution in [3.63, 3.8) is 0 Å². The van der Waals surface area contributed by atoms with E-state index in [9.17, 15) is 0 Å². The fraction of sp³-hybridized carbons (Fsp3) is 0.100. The number of methoxy groups -OCH3 is 1. The Hall–Kier alpha value is -2.57. The van der Waals surface area contributed by atoms with Crippen LogP contribution >= 0.6 is 0 Å². The molecule has 0 aliphatic carbocycles. The zero-order valence-corrected chi connectivity index (χ0v) is 9.12. The maximum atomic E-state index is 5.73. The Bertz CT molecular complexity index is 549. The number of aromatic nitrogens is 2. The molecule has 1 heterocycles. The van der Waals surface area contributed by atoms with Gasteiger partial charge in [0.25, 0.3) is 0 Å². The molecule has 0 aliphatic heterocycles. The minimum Gasteiger partial charge on any atom is -0.497 e. The van der Waals surface area contributed by atoms with Crippen LogP contribution in [-0.2, 0) is 0 Å². The Morgan fingerprint density at radius 1 is 1.41 bits per heavy atom. The third-order valence-electron chi connectivity index (χ3n) is 2.06. The van der Waals surface area contributed by atoms with Crippen LogP contribution in [0.25, 0.3) is 0 Å². The van der Waals surface area contributed by atoms with Gasteiger partial charge in [0.15, 0.2) is 17.3 Å². The van der Waals surface area contributed by atoms with E-state index >= 15 is 0 Å². The number of benzene rings is 1. The Morgan fingerprint density at radius 3 is 2.88 bits per heavy atom. The van der Waals surface area contributed by atoms with Crippen LogP contribution in [0, 0.1) is 0 Å². The number of aliphatic imine (C=N–C) groups is 1. The van der Waals surface area contributed by atoms with Crippen LogP contribution in [0.3, 0.4) is 0 Å². The van der Waals surface area contributed by atoms with Crippen molar-refractivity contribution in [2.75, 3.05) is 12.8 Å². The molecule has 2 aromatic rings. The van der Waals surface area contributed by atoms with Crippen LogP contribution in [-0.4, -0.2) is 23.3 Å². The normalized spacial score (nSPS) is 11.5. The lowest BCUT2D eigenvalue weighted by atomic mass is 10.3. The highest BCUT2D eigenvalue weighted by Crippen LogP contribution is 2.20. The summed E-state index contributed by atoms with van der Waals surface area (Å²) in [4.78, 5) is 4.14. The van der Waals surface area contributed by atoms with E-state index in [0.29, 0.717) is 11.4 Å². The first-order valence-corrected chi connectivity index (χ1v) is 4.77. The number of ether oxygens (including phenoxy) is 1. The van der Waals surface area contributed by atoms with Crippen molar-refractivity contribution < 1.29 is 9.37 Å². The van der Waals surface area contributed by atoms with Gasteiger partial charge in [0, 0.05) is 6.07 Å². The zero-order valence-electron chi connectivity index (χ0n) is 9.12. The van der Waals surface area contributed by atoms with Crippen LogP contribution in [0.2, 0.25) is 0 Å². The average molecular weight is 233 g/mol. The van der Waals surface area contributed by atoms with E-state index < -0.39 is 0 Å². The first-order chi connectivity index (χ1) is 8.20. The highest BCUT2D eigenvalue weighted by atomic mass is 16.6. The second kappa shape index (κ2) is 4.52. The molecular weight excluding hydrogens is 222 g/mol. The van der Waals surface area contributed by atoms with E-state index in [2.05, 4.69) is 19.9 Å². The maximum absolute atomic E-state index is 5.73. The first-order valence-electron chi connectivity index (χ1n) is 4.77. The number of nitrogen functional groups attached to an aromatic ring is 1. The molecule has 7 heteroatoms. The topological polar surface area (TPSA) is 113 Å². The molecule has 0 atom stereocenters. The first kappa shape index (κ1) is 10.9. The van der Waals surface area contributed by atoms with Crippen molar-refractivity contribution in [3.8, 4) is 5.75 Å². The highest BCUT2D eigenvalue weighted by Gasteiger charge is 2.10. The number of amidine groups is 1. The SMILES string of the molecule is COc1cccc(N=C(N)c2nonc2N)c1. The molecule has 0 radical (unpaired) electrons. The van der Waals surface area contributed by atoms with Crippen molar-refractivity contribution in [2.45, 2.75) is 0 Å². The van der Waals surface area contributed by atoms with Gasteiger partial charge in [-0.15, -0.1) is 0 Å². The summed E-state index contributed by atoms with van der Waals surface area (Å²) >= 11 is 0. The van der Waals surface area contributed by atoms with Crippen LogP contribution in [0.4, 0.5) is 11.5 Å². The van der Waals surface area contributed by atoms with E-state index in [1.807, 2.05) is 0 Å². The Morgan fingerprint density at radius 2 is 2.24 bits per heavy atom. The van der Waals surface area contributed by atoms with Gasteiger partial charge in [0.1, 0.15) is 5.75 Å². The summed E-state index contributed by atoms with van der Waals surface area (Å²) in [5, 5.41) is 6.98. The standard InChI is InChI=1S/C10H11N5O2/c1-16-7-4-2-3-6(5-7)13-9(11)8-10(12)15-17-14-8/h2-5H,1H3,(H2,11,13)(H2,12,15). The van der Waals surface area contributed by atoms with E-state index in [0.717, 1.165) is 0 Å². The predicted molar refractivity (Wildman–Crippen MR) is 62.1 cm³/mol. The lowest BCUT2D eigenvalue weighted by Crippen LogP contribution is -2.15. The van der Waals surface area contributed by atoms with Gasteiger partial charge in [-0.3, -0.25) is 0 Å². The highest BCUT2D eigenvalue weighted by molar-refractivity contribution is 6.00. The van der Waals surface area contributed by atoms with Crippen LogP contribution in [0.5, 0.6) is 5.75 Å². The Labute approximate surface area is 97.0 Å². The van der Waals surface area contributed by atoms with Crippen LogP contribution < -0.4 is 16.2 Å². The van der Waals surface area contributed by atoms with Crippen molar-refractivity contribution in [2.24, 2.45) is 10.7 Å². The smallest absolute Gasteiger partial charge is 0.199 e. The largest absolute Gasteiger partial charge is 0.497 e. The molecule has 0 spiro atoms.